The first-order valence-electron chi connectivity index (χ1n) is 4.64. The van der Waals surface area contributed by atoms with Gasteiger partial charge in [-0.2, -0.15) is 0 Å². The minimum Gasteiger partial charge on any atom is -0.117 e. The predicted octanol–water partition coefficient (Wildman–Crippen LogP) is 4.02. The van der Waals surface area contributed by atoms with E-state index in [0.717, 1.165) is 9.76 Å². The molecule has 0 bridgehead atoms. The Labute approximate surface area is 96.1 Å². The molecule has 0 aromatic heterocycles. The van der Waals surface area contributed by atoms with Crippen LogP contribution in [-0.4, -0.2) is 10.5 Å². The Bertz CT molecular complexity index is 317. The Morgan fingerprint density at radius 3 is 2.00 bits per heavy atom. The van der Waals surface area contributed by atoms with Crippen LogP contribution in [0.3, 0.4) is 0 Å². The average Bonchev–Trinajstić information content (AvgIpc) is 2.15. The van der Waals surface area contributed by atoms with Crippen molar-refractivity contribution in [2.45, 2.75) is 26.2 Å². The summed E-state index contributed by atoms with van der Waals surface area (Å²) in [5, 5.41) is 0. The molecule has 2 heteroatoms. The van der Waals surface area contributed by atoms with E-state index >= 15 is 0 Å². The van der Waals surface area contributed by atoms with E-state index in [4.69, 9.17) is 12.2 Å². The molecule has 1 aromatic carbocycles. The zero-order valence-corrected chi connectivity index (χ0v) is 10.8. The van der Waals surface area contributed by atoms with E-state index in [1.807, 2.05) is 6.26 Å². The van der Waals surface area contributed by atoms with Crippen LogP contribution in [-0.2, 0) is 5.41 Å². The lowest BCUT2D eigenvalue weighted by Crippen LogP contribution is -2.10. The molecule has 0 aliphatic rings. The van der Waals surface area contributed by atoms with Gasteiger partial charge in [0.1, 0.15) is 0 Å². The molecule has 0 aliphatic heterocycles. The van der Waals surface area contributed by atoms with E-state index in [9.17, 15) is 0 Å². The van der Waals surface area contributed by atoms with E-state index < -0.39 is 0 Å². The first-order valence-corrected chi connectivity index (χ1v) is 6.27. The number of hydrogen-bond donors (Lipinski definition) is 0. The van der Waals surface area contributed by atoms with Gasteiger partial charge in [-0.1, -0.05) is 57.3 Å². The maximum absolute atomic E-state index is 5.22. The van der Waals surface area contributed by atoms with Gasteiger partial charge in [0.15, 0.2) is 0 Å². The molecule has 76 valence electrons. The molecule has 0 unspecified atom stereocenters. The summed E-state index contributed by atoms with van der Waals surface area (Å²) in [5.41, 5.74) is 2.73. The second-order valence-corrected chi connectivity index (χ2v) is 5.80. The van der Waals surface area contributed by atoms with Crippen LogP contribution in [0.15, 0.2) is 24.3 Å². The van der Waals surface area contributed by atoms with Crippen molar-refractivity contribution >= 4 is 28.2 Å². The number of thiocarbonyl (C=S) groups is 1. The predicted molar refractivity (Wildman–Crippen MR) is 70.4 cm³/mol. The monoisotopic (exact) mass is 224 g/mol. The van der Waals surface area contributed by atoms with Crippen molar-refractivity contribution in [1.82, 2.24) is 0 Å². The van der Waals surface area contributed by atoms with Crippen LogP contribution in [0.4, 0.5) is 0 Å². The molecule has 0 saturated carbocycles. The summed E-state index contributed by atoms with van der Waals surface area (Å²) in [6.45, 7) is 6.65. The summed E-state index contributed by atoms with van der Waals surface area (Å²) < 4.78 is 0.963. The van der Waals surface area contributed by atoms with Crippen molar-refractivity contribution in [3.63, 3.8) is 0 Å². The summed E-state index contributed by atoms with van der Waals surface area (Å²) in [6.07, 6.45) is 2.01. The third-order valence-electron chi connectivity index (χ3n) is 2.17. The summed E-state index contributed by atoms with van der Waals surface area (Å²) >= 11 is 6.84. The van der Waals surface area contributed by atoms with Gasteiger partial charge in [-0.3, -0.25) is 0 Å². The van der Waals surface area contributed by atoms with Crippen LogP contribution in [0, 0.1) is 0 Å². The zero-order chi connectivity index (χ0) is 10.8. The van der Waals surface area contributed by atoms with Crippen molar-refractivity contribution < 1.29 is 0 Å². The smallest absolute Gasteiger partial charge is 0.0775 e. The van der Waals surface area contributed by atoms with Crippen LogP contribution in [0.5, 0.6) is 0 Å². The van der Waals surface area contributed by atoms with Crippen molar-refractivity contribution in [1.29, 1.82) is 0 Å². The third kappa shape index (κ3) is 2.82. The minimum atomic E-state index is 0.222. The number of thioether (sulfide) groups is 1. The second kappa shape index (κ2) is 4.45. The maximum Gasteiger partial charge on any atom is 0.0775 e. The Kier molecular flexibility index (Phi) is 3.73. The van der Waals surface area contributed by atoms with E-state index in [1.165, 1.54) is 5.56 Å². The fraction of sp³-hybridized carbons (Fsp3) is 0.417. The molecular formula is C12H16S2. The molecule has 0 nitrogen and oxygen atoms in total. The molecule has 0 atom stereocenters. The van der Waals surface area contributed by atoms with Crippen LogP contribution in [0.25, 0.3) is 0 Å². The van der Waals surface area contributed by atoms with Gasteiger partial charge in [0.25, 0.3) is 0 Å². The molecule has 14 heavy (non-hydrogen) atoms. The molecule has 0 N–H and O–H groups in total. The van der Waals surface area contributed by atoms with Gasteiger partial charge in [0.2, 0.25) is 0 Å². The number of rotatable bonds is 1. The first kappa shape index (κ1) is 11.7. The third-order valence-corrected chi connectivity index (χ3v) is 3.51. The largest absolute Gasteiger partial charge is 0.117 e. The van der Waals surface area contributed by atoms with Crippen molar-refractivity contribution in [3.8, 4) is 0 Å². The second-order valence-electron chi connectivity index (χ2n) is 4.32. The Morgan fingerprint density at radius 2 is 1.64 bits per heavy atom. The normalized spacial score (nSPS) is 11.4. The molecule has 1 aromatic rings. The molecule has 0 aliphatic carbocycles. The van der Waals surface area contributed by atoms with E-state index in [-0.39, 0.29) is 5.41 Å². The summed E-state index contributed by atoms with van der Waals surface area (Å²) in [4.78, 5) is 0. The lowest BCUT2D eigenvalue weighted by atomic mass is 9.87. The fourth-order valence-corrected chi connectivity index (χ4v) is 1.73. The lowest BCUT2D eigenvalue weighted by molar-refractivity contribution is 0.590. The van der Waals surface area contributed by atoms with Crippen molar-refractivity contribution in [2.24, 2.45) is 0 Å². The molecule has 1 rings (SSSR count). The molecule has 0 heterocycles. The highest BCUT2D eigenvalue weighted by Gasteiger charge is 2.13. The van der Waals surface area contributed by atoms with Gasteiger partial charge in [-0.15, -0.1) is 11.8 Å². The van der Waals surface area contributed by atoms with Gasteiger partial charge in [0.05, 0.1) is 4.20 Å². The van der Waals surface area contributed by atoms with Crippen LogP contribution < -0.4 is 0 Å². The molecule has 0 spiro atoms. The van der Waals surface area contributed by atoms with Crippen LogP contribution in [0.1, 0.15) is 31.9 Å². The first-order chi connectivity index (χ1) is 6.45. The van der Waals surface area contributed by atoms with Gasteiger partial charge in [0, 0.05) is 0 Å². The highest BCUT2D eigenvalue weighted by Crippen LogP contribution is 2.23. The number of hydrogen-bond acceptors (Lipinski definition) is 2. The quantitative estimate of drug-likeness (QED) is 0.661. The van der Waals surface area contributed by atoms with E-state index in [1.54, 1.807) is 11.8 Å². The Hall–Kier alpha value is -0.340. The van der Waals surface area contributed by atoms with E-state index in [2.05, 4.69) is 45.0 Å². The standard InChI is InChI=1S/C12H16S2/c1-12(2,3)10-7-5-9(6-8-10)11(13)14-4/h5-8H,1-4H3. The highest BCUT2D eigenvalue weighted by molar-refractivity contribution is 8.23. The Balaban J connectivity index is 2.95. The van der Waals surface area contributed by atoms with Gasteiger partial charge < -0.3 is 0 Å². The topological polar surface area (TPSA) is 0 Å². The average molecular weight is 224 g/mol. The molecule has 0 saturated heterocycles. The van der Waals surface area contributed by atoms with Gasteiger partial charge in [-0.25, -0.2) is 0 Å². The zero-order valence-electron chi connectivity index (χ0n) is 9.13. The number of benzene rings is 1. The maximum atomic E-state index is 5.22. The minimum absolute atomic E-state index is 0.222. The Morgan fingerprint density at radius 1 is 1.14 bits per heavy atom. The van der Waals surface area contributed by atoms with Gasteiger partial charge in [-0.05, 0) is 22.8 Å². The molecule has 0 amide bonds. The van der Waals surface area contributed by atoms with Crippen molar-refractivity contribution in [3.05, 3.63) is 35.4 Å². The molecule has 0 radical (unpaired) electrons. The van der Waals surface area contributed by atoms with E-state index in [0.29, 0.717) is 0 Å². The lowest BCUT2D eigenvalue weighted by Gasteiger charge is -2.19. The van der Waals surface area contributed by atoms with Crippen LogP contribution in [0.2, 0.25) is 0 Å². The summed E-state index contributed by atoms with van der Waals surface area (Å²) in [5.74, 6) is 0. The SMILES string of the molecule is CSC(=S)c1ccc(C(C)(C)C)cc1. The van der Waals surface area contributed by atoms with Gasteiger partial charge >= 0.3 is 0 Å². The van der Waals surface area contributed by atoms with Crippen molar-refractivity contribution in [2.75, 3.05) is 6.26 Å². The fourth-order valence-electron chi connectivity index (χ4n) is 1.22. The highest BCUT2D eigenvalue weighted by atomic mass is 32.2. The van der Waals surface area contributed by atoms with Crippen LogP contribution >= 0.6 is 24.0 Å². The molecule has 0 fully saturated rings. The summed E-state index contributed by atoms with van der Waals surface area (Å²) in [7, 11) is 0. The summed E-state index contributed by atoms with van der Waals surface area (Å²) in [6, 6.07) is 8.55. The molecular weight excluding hydrogens is 208 g/mol.